The summed E-state index contributed by atoms with van der Waals surface area (Å²) in [4.78, 5) is 18.0. The van der Waals surface area contributed by atoms with E-state index in [1.165, 1.54) is 0 Å². The highest BCUT2D eigenvalue weighted by Gasteiger charge is 2.21. The van der Waals surface area contributed by atoms with Crippen molar-refractivity contribution < 1.29 is 14.6 Å². The molecule has 158 valence electrons. The first kappa shape index (κ1) is 21.2. The van der Waals surface area contributed by atoms with Gasteiger partial charge in [0.1, 0.15) is 5.75 Å². The minimum absolute atomic E-state index is 0.105. The number of hydrogen-bond donors (Lipinski definition) is 1. The molecule has 0 unspecified atom stereocenters. The molecular formula is C22H22Cl2N2O3S. The van der Waals surface area contributed by atoms with Gasteiger partial charge in [0.15, 0.2) is 5.13 Å². The second-order valence-electron chi connectivity index (χ2n) is 7.50. The molecule has 2 heterocycles. The van der Waals surface area contributed by atoms with E-state index in [0.29, 0.717) is 28.9 Å². The molecule has 0 aliphatic carbocycles. The molecule has 0 atom stereocenters. The van der Waals surface area contributed by atoms with Gasteiger partial charge in [-0.15, -0.1) is 0 Å². The van der Waals surface area contributed by atoms with Crippen molar-refractivity contribution in [3.63, 3.8) is 0 Å². The summed E-state index contributed by atoms with van der Waals surface area (Å²) in [5.74, 6) is 0.370. The quantitative estimate of drug-likeness (QED) is 0.470. The van der Waals surface area contributed by atoms with Gasteiger partial charge in [-0.25, -0.2) is 4.98 Å². The summed E-state index contributed by atoms with van der Waals surface area (Å²) in [5, 5.41) is 11.2. The first-order valence-corrected chi connectivity index (χ1v) is 11.5. The Morgan fingerprint density at radius 1 is 1.20 bits per heavy atom. The van der Waals surface area contributed by atoms with Crippen molar-refractivity contribution in [2.45, 2.75) is 25.7 Å². The number of aliphatic carboxylic acids is 1. The molecule has 1 aliphatic rings. The van der Waals surface area contributed by atoms with Crippen molar-refractivity contribution >= 4 is 55.9 Å². The lowest BCUT2D eigenvalue weighted by Gasteiger charge is -2.31. The van der Waals surface area contributed by atoms with Crippen LogP contribution in [0.2, 0.25) is 10.0 Å². The van der Waals surface area contributed by atoms with Gasteiger partial charge >= 0.3 is 5.97 Å². The molecule has 1 fully saturated rings. The first-order chi connectivity index (χ1) is 14.5. The number of anilines is 1. The zero-order valence-electron chi connectivity index (χ0n) is 16.3. The second-order valence-corrected chi connectivity index (χ2v) is 9.35. The highest BCUT2D eigenvalue weighted by Crippen LogP contribution is 2.33. The highest BCUT2D eigenvalue weighted by molar-refractivity contribution is 7.22. The van der Waals surface area contributed by atoms with Crippen LogP contribution in [-0.4, -0.2) is 35.8 Å². The van der Waals surface area contributed by atoms with Gasteiger partial charge in [0, 0.05) is 23.1 Å². The number of carbonyl (C=O) groups is 1. The Morgan fingerprint density at radius 2 is 2.00 bits per heavy atom. The van der Waals surface area contributed by atoms with Crippen molar-refractivity contribution in [1.82, 2.24) is 4.98 Å². The molecule has 0 spiro atoms. The van der Waals surface area contributed by atoms with Crippen molar-refractivity contribution in [2.75, 3.05) is 24.6 Å². The number of piperidine rings is 1. The SMILES string of the molecule is O=C(O)Cc1cc(OCCC2CCN(c3nc4ccc(Cl)cc4s3)CC2)ccc1Cl. The molecule has 1 N–H and O–H groups in total. The Labute approximate surface area is 189 Å². The molecule has 0 saturated carbocycles. The number of fused-ring (bicyclic) bond motifs is 1. The predicted molar refractivity (Wildman–Crippen MR) is 122 cm³/mol. The van der Waals surface area contributed by atoms with Crippen LogP contribution in [0.5, 0.6) is 5.75 Å². The van der Waals surface area contributed by atoms with Gasteiger partial charge in [-0.1, -0.05) is 34.5 Å². The lowest BCUT2D eigenvalue weighted by atomic mass is 9.94. The standard InChI is InChI=1S/C22H22Cl2N2O3S/c23-16-1-4-19-20(13-16)30-22(25-19)26-8-5-14(6-9-26)7-10-29-17-2-3-18(24)15(11-17)12-21(27)28/h1-4,11,13-14H,5-10,12H2,(H,27,28). The number of nitrogens with zero attached hydrogens (tertiary/aromatic N) is 2. The molecule has 1 saturated heterocycles. The van der Waals surface area contributed by atoms with Crippen LogP contribution in [0.1, 0.15) is 24.8 Å². The Balaban J connectivity index is 1.26. The van der Waals surface area contributed by atoms with Crippen molar-refractivity contribution in [3.05, 3.63) is 52.0 Å². The summed E-state index contributed by atoms with van der Waals surface area (Å²) in [7, 11) is 0. The minimum Gasteiger partial charge on any atom is -0.494 e. The number of thiazole rings is 1. The number of halogens is 2. The molecule has 2 aromatic carbocycles. The van der Waals surface area contributed by atoms with Crippen LogP contribution in [0, 0.1) is 5.92 Å². The topological polar surface area (TPSA) is 62.7 Å². The van der Waals surface area contributed by atoms with E-state index >= 15 is 0 Å². The third-order valence-electron chi connectivity index (χ3n) is 5.38. The van der Waals surface area contributed by atoms with Gasteiger partial charge in [0.2, 0.25) is 0 Å². The van der Waals surface area contributed by atoms with Gasteiger partial charge in [0.25, 0.3) is 0 Å². The van der Waals surface area contributed by atoms with E-state index in [2.05, 4.69) is 4.90 Å². The predicted octanol–water partition coefficient (Wildman–Crippen LogP) is 5.92. The number of rotatable bonds is 7. The highest BCUT2D eigenvalue weighted by atomic mass is 35.5. The monoisotopic (exact) mass is 464 g/mol. The molecule has 0 radical (unpaired) electrons. The molecule has 5 nitrogen and oxygen atoms in total. The number of ether oxygens (including phenoxy) is 1. The Kier molecular flexibility index (Phi) is 6.66. The Morgan fingerprint density at radius 3 is 2.77 bits per heavy atom. The van der Waals surface area contributed by atoms with Crippen LogP contribution in [-0.2, 0) is 11.2 Å². The zero-order valence-corrected chi connectivity index (χ0v) is 18.6. The van der Waals surface area contributed by atoms with Crippen LogP contribution >= 0.6 is 34.5 Å². The van der Waals surface area contributed by atoms with Crippen molar-refractivity contribution in [1.29, 1.82) is 0 Å². The summed E-state index contributed by atoms with van der Waals surface area (Å²) < 4.78 is 6.98. The maximum absolute atomic E-state index is 10.9. The summed E-state index contributed by atoms with van der Waals surface area (Å²) in [6.45, 7) is 2.59. The summed E-state index contributed by atoms with van der Waals surface area (Å²) in [6, 6.07) is 11.0. The molecule has 30 heavy (non-hydrogen) atoms. The summed E-state index contributed by atoms with van der Waals surface area (Å²) in [6.07, 6.45) is 3.07. The van der Waals surface area contributed by atoms with Crippen LogP contribution in [0.3, 0.4) is 0 Å². The third-order valence-corrected chi connectivity index (χ3v) is 7.06. The smallest absolute Gasteiger partial charge is 0.307 e. The summed E-state index contributed by atoms with van der Waals surface area (Å²) >= 11 is 13.8. The largest absolute Gasteiger partial charge is 0.494 e. The second kappa shape index (κ2) is 9.41. The van der Waals surface area contributed by atoms with Gasteiger partial charge in [-0.2, -0.15) is 0 Å². The van der Waals surface area contributed by atoms with Gasteiger partial charge in [-0.05, 0) is 67.1 Å². The molecule has 4 rings (SSSR count). The van der Waals surface area contributed by atoms with Crippen LogP contribution in [0.25, 0.3) is 10.2 Å². The van der Waals surface area contributed by atoms with E-state index < -0.39 is 5.97 Å². The molecule has 1 aromatic heterocycles. The zero-order chi connectivity index (χ0) is 21.1. The average Bonchev–Trinajstić information content (AvgIpc) is 3.13. The number of hydrogen-bond acceptors (Lipinski definition) is 5. The summed E-state index contributed by atoms with van der Waals surface area (Å²) in [5.41, 5.74) is 1.58. The maximum atomic E-state index is 10.9. The van der Waals surface area contributed by atoms with Crippen molar-refractivity contribution in [3.8, 4) is 5.75 Å². The first-order valence-electron chi connectivity index (χ1n) is 9.92. The molecule has 0 amide bonds. The molecule has 1 aliphatic heterocycles. The lowest BCUT2D eigenvalue weighted by molar-refractivity contribution is -0.136. The fourth-order valence-corrected chi connectivity index (χ4v) is 5.19. The number of carboxylic acids is 1. The Bertz CT molecular complexity index is 1050. The van der Waals surface area contributed by atoms with Crippen LogP contribution < -0.4 is 9.64 Å². The van der Waals surface area contributed by atoms with E-state index in [9.17, 15) is 4.79 Å². The normalized spacial score (nSPS) is 14.9. The van der Waals surface area contributed by atoms with E-state index in [-0.39, 0.29) is 6.42 Å². The molecule has 0 bridgehead atoms. The number of benzene rings is 2. The van der Waals surface area contributed by atoms with Crippen molar-refractivity contribution in [2.24, 2.45) is 5.92 Å². The minimum atomic E-state index is -0.906. The van der Waals surface area contributed by atoms with E-state index in [1.807, 2.05) is 18.2 Å². The van der Waals surface area contributed by atoms with E-state index in [4.69, 9.17) is 38.0 Å². The molecule has 3 aromatic rings. The number of aromatic nitrogens is 1. The van der Waals surface area contributed by atoms with E-state index in [0.717, 1.165) is 52.7 Å². The van der Waals surface area contributed by atoms with Gasteiger partial charge in [0.05, 0.1) is 23.2 Å². The Hall–Kier alpha value is -2.02. The molecule has 8 heteroatoms. The average molecular weight is 465 g/mol. The van der Waals surface area contributed by atoms with Gasteiger partial charge in [-0.3, -0.25) is 4.79 Å². The van der Waals surface area contributed by atoms with E-state index in [1.54, 1.807) is 29.5 Å². The number of carboxylic acid groups (broad SMARTS) is 1. The van der Waals surface area contributed by atoms with Gasteiger partial charge < -0.3 is 14.7 Å². The third kappa shape index (κ3) is 5.17. The van der Waals surface area contributed by atoms with Crippen LogP contribution in [0.4, 0.5) is 5.13 Å². The molecular weight excluding hydrogens is 443 g/mol. The fourth-order valence-electron chi connectivity index (χ4n) is 3.72. The lowest BCUT2D eigenvalue weighted by Crippen LogP contribution is -2.34. The van der Waals surface area contributed by atoms with Crippen LogP contribution in [0.15, 0.2) is 36.4 Å². The maximum Gasteiger partial charge on any atom is 0.307 e. The fraction of sp³-hybridized carbons (Fsp3) is 0.364.